The fourth-order valence-electron chi connectivity index (χ4n) is 15.0. The molecule has 2 aromatic carbocycles. The molecule has 336 valence electrons. The van der Waals surface area contributed by atoms with Crippen molar-refractivity contribution >= 4 is 11.9 Å². The zero-order valence-electron chi connectivity index (χ0n) is 36.3. The normalized spacial score (nSPS) is 43.5. The first-order valence-corrected chi connectivity index (χ1v) is 24.2. The number of hydrogen-bond donors (Lipinski definition) is 10. The van der Waals surface area contributed by atoms with E-state index in [2.05, 4.69) is 42.5 Å². The number of carboxylic acid groups (broad SMARTS) is 2. The zero-order chi connectivity index (χ0) is 42.2. The van der Waals surface area contributed by atoms with E-state index in [4.69, 9.17) is 9.47 Å². The van der Waals surface area contributed by atoms with E-state index in [0.29, 0.717) is 59.8 Å². The molecule has 18 unspecified atom stereocenters. The van der Waals surface area contributed by atoms with E-state index in [1.807, 2.05) is 24.3 Å². The molecule has 4 saturated carbocycles. The SMILES string of the molecule is COc1ccc(C2CC3C4NC5NC(NC6NC(NC7NC(NC(N4)C3CC2c2ccc(OC)cc2C(=O)O)C2CCCCC72)C2CCCCC62)C2CCCCC52)c(C(=O)O)c1. The maximum Gasteiger partial charge on any atom is 0.336 e. The molecule has 18 atom stereocenters. The number of benzene rings is 2. The van der Waals surface area contributed by atoms with Crippen molar-refractivity contribution in [2.24, 2.45) is 47.3 Å². The van der Waals surface area contributed by atoms with Crippen LogP contribution in [0, 0.1) is 47.3 Å². The topological polar surface area (TPSA) is 189 Å². The minimum Gasteiger partial charge on any atom is -0.497 e. The summed E-state index contributed by atoms with van der Waals surface area (Å²) in [5.74, 6) is 1.95. The molecule has 0 spiro atoms. The van der Waals surface area contributed by atoms with Gasteiger partial charge in [-0.15, -0.1) is 0 Å². The number of carbonyl (C=O) groups is 2. The molecule has 10 N–H and O–H groups in total. The van der Waals surface area contributed by atoms with Gasteiger partial charge in [-0.25, -0.2) is 9.59 Å². The highest BCUT2D eigenvalue weighted by atomic mass is 16.5. The van der Waals surface area contributed by atoms with Crippen LogP contribution < -0.4 is 52.0 Å². The zero-order valence-corrected chi connectivity index (χ0v) is 36.3. The third-order valence-electron chi connectivity index (χ3n) is 17.8. The monoisotopic (exact) mass is 853 g/mol. The molecule has 14 nitrogen and oxygen atoms in total. The standard InChI is InChI=1S/C48H68N8O6/c1-61-23-15-17-25(37(19-23)47(57)58)33-21-35-36(22-34(33)26-18-16-24(62-2)20-38(26)48(59)60)46-55-44-32-14-8-6-12-30(32)42(53-44)51-40-28-10-4-3-9-27(28)39(49-40)50-41-29-11-5-7-13-31(29)43(52-41)54-45(35)56-46/h15-20,27-36,39-46,49-56H,3-14,21-22H2,1-2H3,(H,57,58)(H,59,60). The third kappa shape index (κ3) is 7.24. The van der Waals surface area contributed by atoms with E-state index in [0.717, 1.165) is 11.1 Å². The Kier molecular flexibility index (Phi) is 11.3. The summed E-state index contributed by atoms with van der Waals surface area (Å²) < 4.78 is 11.1. The maximum absolute atomic E-state index is 13.1. The largest absolute Gasteiger partial charge is 0.497 e. The van der Waals surface area contributed by atoms with Gasteiger partial charge in [-0.3, -0.25) is 42.5 Å². The van der Waals surface area contributed by atoms with E-state index < -0.39 is 11.9 Å². The van der Waals surface area contributed by atoms with Crippen LogP contribution in [0.15, 0.2) is 36.4 Å². The van der Waals surface area contributed by atoms with Crippen molar-refractivity contribution in [2.45, 2.75) is 151 Å². The molecule has 11 rings (SSSR count). The molecule has 5 heterocycles. The number of carboxylic acids is 2. The molecule has 9 fully saturated rings. The predicted octanol–water partition coefficient (Wildman–Crippen LogP) is 4.81. The van der Waals surface area contributed by atoms with Crippen LogP contribution in [0.25, 0.3) is 0 Å². The average molecular weight is 853 g/mol. The molecule has 8 bridgehead atoms. The average Bonchev–Trinajstić information content (AvgIpc) is 4.03. The van der Waals surface area contributed by atoms with Crippen molar-refractivity contribution in [3.63, 3.8) is 0 Å². The van der Waals surface area contributed by atoms with Crippen LogP contribution in [0.3, 0.4) is 0 Å². The second-order valence-electron chi connectivity index (χ2n) is 20.5. The van der Waals surface area contributed by atoms with Crippen molar-refractivity contribution in [3.8, 4) is 11.5 Å². The van der Waals surface area contributed by atoms with E-state index in [1.165, 1.54) is 77.0 Å². The van der Waals surface area contributed by atoms with Crippen LogP contribution in [0.2, 0.25) is 0 Å². The number of nitrogens with one attached hydrogen (secondary N) is 8. The molecule has 4 aliphatic carbocycles. The number of rotatable bonds is 6. The summed E-state index contributed by atoms with van der Waals surface area (Å²) in [6.45, 7) is 0. The Morgan fingerprint density at radius 2 is 0.694 bits per heavy atom. The number of aromatic carboxylic acids is 2. The van der Waals surface area contributed by atoms with Crippen molar-refractivity contribution in [1.29, 1.82) is 0 Å². The van der Waals surface area contributed by atoms with Gasteiger partial charge in [0.2, 0.25) is 0 Å². The van der Waals surface area contributed by atoms with Crippen molar-refractivity contribution < 1.29 is 29.3 Å². The van der Waals surface area contributed by atoms with Gasteiger partial charge in [0.05, 0.1) is 74.7 Å². The van der Waals surface area contributed by atoms with Gasteiger partial charge in [-0.05, 0) is 146 Å². The second kappa shape index (κ2) is 16.9. The van der Waals surface area contributed by atoms with Gasteiger partial charge in [0, 0.05) is 0 Å². The molecule has 0 radical (unpaired) electrons. The Morgan fingerprint density at radius 1 is 0.435 bits per heavy atom. The summed E-state index contributed by atoms with van der Waals surface area (Å²) in [7, 11) is 3.11. The van der Waals surface area contributed by atoms with E-state index in [1.54, 1.807) is 26.4 Å². The number of fused-ring (bicyclic) bond motifs is 20. The molecule has 0 aromatic heterocycles. The van der Waals surface area contributed by atoms with Gasteiger partial charge in [0.1, 0.15) is 11.5 Å². The molecule has 9 aliphatic rings. The molecule has 2 aromatic rings. The molecular weight excluding hydrogens is 785 g/mol. The molecule has 14 heteroatoms. The Morgan fingerprint density at radius 3 is 0.935 bits per heavy atom. The molecule has 5 saturated heterocycles. The maximum atomic E-state index is 13.1. The first kappa shape index (κ1) is 41.4. The summed E-state index contributed by atoms with van der Waals surface area (Å²) in [5.41, 5.74) is 1.85. The summed E-state index contributed by atoms with van der Waals surface area (Å²) in [5, 5.41) is 55.0. The van der Waals surface area contributed by atoms with Crippen molar-refractivity contribution in [1.82, 2.24) is 42.5 Å². The van der Waals surface area contributed by atoms with Crippen LogP contribution in [-0.4, -0.2) is 85.7 Å². The van der Waals surface area contributed by atoms with Crippen molar-refractivity contribution in [2.75, 3.05) is 14.2 Å². The molecular formula is C48H68N8O6. The van der Waals surface area contributed by atoms with Crippen LogP contribution in [0.5, 0.6) is 11.5 Å². The van der Waals surface area contributed by atoms with Gasteiger partial charge in [0.15, 0.2) is 0 Å². The van der Waals surface area contributed by atoms with E-state index >= 15 is 0 Å². The molecule has 0 amide bonds. The smallest absolute Gasteiger partial charge is 0.336 e. The highest BCUT2D eigenvalue weighted by Crippen LogP contribution is 2.54. The lowest BCUT2D eigenvalue weighted by molar-refractivity contribution is 0.0678. The summed E-state index contributed by atoms with van der Waals surface area (Å²) in [4.78, 5) is 26.2. The minimum atomic E-state index is -1.01. The van der Waals surface area contributed by atoms with E-state index in [-0.39, 0.29) is 84.1 Å². The quantitative estimate of drug-likeness (QED) is 0.191. The predicted molar refractivity (Wildman–Crippen MR) is 233 cm³/mol. The number of ether oxygens (including phenoxy) is 2. The number of hydrogen-bond acceptors (Lipinski definition) is 12. The summed E-state index contributed by atoms with van der Waals surface area (Å²) in [6.07, 6.45) is 17.4. The van der Waals surface area contributed by atoms with Crippen LogP contribution in [-0.2, 0) is 0 Å². The molecule has 62 heavy (non-hydrogen) atoms. The van der Waals surface area contributed by atoms with Gasteiger partial charge in [0.25, 0.3) is 0 Å². The summed E-state index contributed by atoms with van der Waals surface area (Å²) >= 11 is 0. The Balaban J connectivity index is 0.998. The number of methoxy groups -OCH3 is 2. The van der Waals surface area contributed by atoms with Crippen LogP contribution in [0.1, 0.15) is 134 Å². The summed E-state index contributed by atoms with van der Waals surface area (Å²) in [6, 6.07) is 10.8. The Hall–Kier alpha value is -3.34. The lowest BCUT2D eigenvalue weighted by Crippen LogP contribution is -2.61. The fraction of sp³-hybridized carbons (Fsp3) is 0.708. The first-order chi connectivity index (χ1) is 30.3. The van der Waals surface area contributed by atoms with Crippen LogP contribution >= 0.6 is 0 Å². The van der Waals surface area contributed by atoms with Gasteiger partial charge in [-0.1, -0.05) is 50.7 Å². The first-order valence-electron chi connectivity index (χ1n) is 24.2. The minimum absolute atomic E-state index is 0.0526. The lowest BCUT2D eigenvalue weighted by atomic mass is 9.62. The highest BCUT2D eigenvalue weighted by molar-refractivity contribution is 5.91. The highest BCUT2D eigenvalue weighted by Gasteiger charge is 2.56. The van der Waals surface area contributed by atoms with Gasteiger partial charge in [-0.2, -0.15) is 0 Å². The van der Waals surface area contributed by atoms with Gasteiger partial charge >= 0.3 is 11.9 Å². The Labute approximate surface area is 365 Å². The fourth-order valence-corrected chi connectivity index (χ4v) is 15.0. The van der Waals surface area contributed by atoms with Crippen molar-refractivity contribution in [3.05, 3.63) is 58.7 Å². The Bertz CT molecular complexity index is 1870. The van der Waals surface area contributed by atoms with E-state index in [9.17, 15) is 19.8 Å². The second-order valence-corrected chi connectivity index (χ2v) is 20.5. The lowest BCUT2D eigenvalue weighted by Gasteiger charge is -2.43. The third-order valence-corrected chi connectivity index (χ3v) is 17.8. The van der Waals surface area contributed by atoms with Gasteiger partial charge < -0.3 is 19.7 Å². The van der Waals surface area contributed by atoms with Crippen LogP contribution in [0.4, 0.5) is 0 Å². The molecule has 5 aliphatic heterocycles.